The van der Waals surface area contributed by atoms with Crippen molar-refractivity contribution in [1.82, 2.24) is 15.5 Å². The van der Waals surface area contributed by atoms with Crippen molar-refractivity contribution in [2.24, 2.45) is 0 Å². The quantitative estimate of drug-likeness (QED) is 0.783. The first kappa shape index (κ1) is 11.9. The molecule has 0 radical (unpaired) electrons. The van der Waals surface area contributed by atoms with E-state index in [0.717, 1.165) is 11.1 Å². The molecule has 1 atom stereocenters. The topological polar surface area (TPSA) is 57.8 Å². The molecule has 0 saturated carbocycles. The summed E-state index contributed by atoms with van der Waals surface area (Å²) in [6.45, 7) is 1.88. The van der Waals surface area contributed by atoms with Crippen molar-refractivity contribution < 1.29 is 4.79 Å². The number of rotatable bonds is 2. The zero-order valence-corrected chi connectivity index (χ0v) is 9.97. The van der Waals surface area contributed by atoms with Crippen molar-refractivity contribution >= 4 is 5.91 Å². The fourth-order valence-electron chi connectivity index (χ4n) is 1.46. The summed E-state index contributed by atoms with van der Waals surface area (Å²) in [5.41, 5.74) is 1.74. The van der Waals surface area contributed by atoms with E-state index in [1.54, 1.807) is 12.4 Å². The minimum absolute atomic E-state index is 0.110. The fraction of sp³-hybridized carbons (Fsp3) is 0.143. The van der Waals surface area contributed by atoms with Crippen LogP contribution in [0.25, 0.3) is 0 Å². The molecule has 0 aliphatic heterocycles. The summed E-state index contributed by atoms with van der Waals surface area (Å²) in [4.78, 5) is 11.6. The lowest BCUT2D eigenvalue weighted by molar-refractivity contribution is -0.116. The second-order valence-corrected chi connectivity index (χ2v) is 3.84. The summed E-state index contributed by atoms with van der Waals surface area (Å²) in [5.74, 6) is 5.07. The molecule has 1 aromatic carbocycles. The van der Waals surface area contributed by atoms with Gasteiger partial charge >= 0.3 is 0 Å². The highest BCUT2D eigenvalue weighted by atomic mass is 16.1. The SMILES string of the molecule is CC(NC(=O)C#Cc1ccccc1)c1cn[nH]c1. The number of aromatic nitrogens is 2. The van der Waals surface area contributed by atoms with Crippen LogP contribution in [0, 0.1) is 11.8 Å². The van der Waals surface area contributed by atoms with Crippen LogP contribution in [-0.4, -0.2) is 16.1 Å². The van der Waals surface area contributed by atoms with Crippen LogP contribution in [0.5, 0.6) is 0 Å². The zero-order chi connectivity index (χ0) is 12.8. The Morgan fingerprint density at radius 1 is 1.39 bits per heavy atom. The van der Waals surface area contributed by atoms with E-state index < -0.39 is 0 Å². The third kappa shape index (κ3) is 3.22. The van der Waals surface area contributed by atoms with Crippen molar-refractivity contribution in [3.05, 3.63) is 53.9 Å². The van der Waals surface area contributed by atoms with Crippen LogP contribution in [0.1, 0.15) is 24.1 Å². The highest BCUT2D eigenvalue weighted by molar-refractivity contribution is 5.94. The lowest BCUT2D eigenvalue weighted by atomic mass is 10.2. The summed E-state index contributed by atoms with van der Waals surface area (Å²) in [6, 6.07) is 9.29. The van der Waals surface area contributed by atoms with Gasteiger partial charge in [0.2, 0.25) is 0 Å². The Labute approximate surface area is 105 Å². The van der Waals surface area contributed by atoms with Crippen molar-refractivity contribution in [2.75, 3.05) is 0 Å². The average molecular weight is 239 g/mol. The van der Waals surface area contributed by atoms with E-state index in [2.05, 4.69) is 27.4 Å². The number of carbonyl (C=O) groups is 1. The van der Waals surface area contributed by atoms with E-state index in [0.29, 0.717) is 0 Å². The number of hydrogen-bond acceptors (Lipinski definition) is 2. The Balaban J connectivity index is 1.96. The number of hydrogen-bond donors (Lipinski definition) is 2. The first-order valence-corrected chi connectivity index (χ1v) is 5.62. The first-order valence-electron chi connectivity index (χ1n) is 5.62. The lowest BCUT2D eigenvalue weighted by Gasteiger charge is -2.08. The number of nitrogens with zero attached hydrogens (tertiary/aromatic N) is 1. The highest BCUT2D eigenvalue weighted by Gasteiger charge is 2.07. The maximum Gasteiger partial charge on any atom is 0.296 e. The van der Waals surface area contributed by atoms with Gasteiger partial charge in [0.25, 0.3) is 5.91 Å². The van der Waals surface area contributed by atoms with Gasteiger partial charge in [-0.25, -0.2) is 0 Å². The maximum absolute atomic E-state index is 11.6. The number of amides is 1. The monoisotopic (exact) mass is 239 g/mol. The van der Waals surface area contributed by atoms with Gasteiger partial charge in [-0.2, -0.15) is 5.10 Å². The molecule has 0 saturated heterocycles. The molecule has 1 amide bonds. The predicted molar refractivity (Wildman–Crippen MR) is 68.5 cm³/mol. The third-order valence-corrected chi connectivity index (χ3v) is 2.46. The number of benzene rings is 1. The minimum atomic E-state index is -0.299. The molecule has 2 N–H and O–H groups in total. The molecule has 1 heterocycles. The second-order valence-electron chi connectivity index (χ2n) is 3.84. The molecule has 1 unspecified atom stereocenters. The van der Waals surface area contributed by atoms with Crippen LogP contribution in [0.2, 0.25) is 0 Å². The standard InChI is InChI=1S/C14H13N3O/c1-11(13-9-15-16-10-13)17-14(18)8-7-12-5-3-2-4-6-12/h2-6,9-11H,1H3,(H,15,16)(H,17,18). The van der Waals surface area contributed by atoms with Gasteiger partial charge in [0, 0.05) is 23.2 Å². The molecule has 4 heteroatoms. The molecule has 4 nitrogen and oxygen atoms in total. The van der Waals surface area contributed by atoms with Crippen molar-refractivity contribution in [3.63, 3.8) is 0 Å². The molecule has 0 aliphatic rings. The van der Waals surface area contributed by atoms with Gasteiger partial charge in [-0.3, -0.25) is 9.89 Å². The summed E-state index contributed by atoms with van der Waals surface area (Å²) in [6.07, 6.45) is 3.42. The largest absolute Gasteiger partial charge is 0.339 e. The molecule has 2 aromatic rings. The third-order valence-electron chi connectivity index (χ3n) is 2.46. The molecule has 0 fully saturated rings. The van der Waals surface area contributed by atoms with Crippen LogP contribution < -0.4 is 5.32 Å². The number of nitrogens with one attached hydrogen (secondary N) is 2. The summed E-state index contributed by atoms with van der Waals surface area (Å²) in [7, 11) is 0. The van der Waals surface area contributed by atoms with Crippen LogP contribution in [-0.2, 0) is 4.79 Å². The van der Waals surface area contributed by atoms with Gasteiger partial charge in [0.05, 0.1) is 12.2 Å². The second kappa shape index (κ2) is 5.69. The van der Waals surface area contributed by atoms with Crippen LogP contribution in [0.15, 0.2) is 42.7 Å². The summed E-state index contributed by atoms with van der Waals surface area (Å²) in [5, 5.41) is 9.32. The van der Waals surface area contributed by atoms with E-state index in [1.165, 1.54) is 0 Å². The van der Waals surface area contributed by atoms with Crippen molar-refractivity contribution in [3.8, 4) is 11.8 Å². The number of H-pyrrole nitrogens is 1. The molecule has 90 valence electrons. The smallest absolute Gasteiger partial charge is 0.296 e. The summed E-state index contributed by atoms with van der Waals surface area (Å²) >= 11 is 0. The van der Waals surface area contributed by atoms with Gasteiger partial charge in [0.15, 0.2) is 0 Å². The van der Waals surface area contributed by atoms with Crippen molar-refractivity contribution in [2.45, 2.75) is 13.0 Å². The lowest BCUT2D eigenvalue weighted by Crippen LogP contribution is -2.24. The van der Waals surface area contributed by atoms with E-state index >= 15 is 0 Å². The minimum Gasteiger partial charge on any atom is -0.339 e. The van der Waals surface area contributed by atoms with Gasteiger partial charge in [-0.15, -0.1) is 0 Å². The predicted octanol–water partition coefficient (Wildman–Crippen LogP) is 1.64. The summed E-state index contributed by atoms with van der Waals surface area (Å²) < 4.78 is 0. The van der Waals surface area contributed by atoms with E-state index in [1.807, 2.05) is 37.3 Å². The first-order chi connectivity index (χ1) is 8.75. The van der Waals surface area contributed by atoms with Crippen LogP contribution in [0.4, 0.5) is 0 Å². The van der Waals surface area contributed by atoms with E-state index in [-0.39, 0.29) is 11.9 Å². The molecule has 1 aromatic heterocycles. The van der Waals surface area contributed by atoms with Crippen LogP contribution in [0.3, 0.4) is 0 Å². The van der Waals surface area contributed by atoms with E-state index in [4.69, 9.17) is 0 Å². The van der Waals surface area contributed by atoms with Gasteiger partial charge in [-0.1, -0.05) is 24.1 Å². The zero-order valence-electron chi connectivity index (χ0n) is 9.97. The Bertz CT molecular complexity index is 564. The maximum atomic E-state index is 11.6. The van der Waals surface area contributed by atoms with Gasteiger partial charge in [0.1, 0.15) is 0 Å². The molecule has 0 aliphatic carbocycles. The molecule has 0 bridgehead atoms. The van der Waals surface area contributed by atoms with E-state index in [9.17, 15) is 4.79 Å². The van der Waals surface area contributed by atoms with Crippen molar-refractivity contribution in [1.29, 1.82) is 0 Å². The highest BCUT2D eigenvalue weighted by Crippen LogP contribution is 2.08. The molecule has 2 rings (SSSR count). The molecule has 18 heavy (non-hydrogen) atoms. The molecule has 0 spiro atoms. The molecular weight excluding hydrogens is 226 g/mol. The molecular formula is C14H13N3O. The van der Waals surface area contributed by atoms with Gasteiger partial charge < -0.3 is 5.32 Å². The number of aromatic amines is 1. The Hall–Kier alpha value is -2.54. The van der Waals surface area contributed by atoms with Crippen LogP contribution >= 0.6 is 0 Å². The number of carbonyl (C=O) groups excluding carboxylic acids is 1. The van der Waals surface area contributed by atoms with Gasteiger partial charge in [-0.05, 0) is 19.1 Å². The average Bonchev–Trinajstić information content (AvgIpc) is 2.91. The Morgan fingerprint density at radius 2 is 2.17 bits per heavy atom. The normalized spacial score (nSPS) is 11.2. The Morgan fingerprint density at radius 3 is 2.83 bits per heavy atom. The Kier molecular flexibility index (Phi) is 3.77. The fourth-order valence-corrected chi connectivity index (χ4v) is 1.46.